The number of hydrogen-bond acceptors (Lipinski definition) is 4. The van der Waals surface area contributed by atoms with Crippen molar-refractivity contribution in [1.82, 2.24) is 5.43 Å². The first-order valence-electron chi connectivity index (χ1n) is 8.89. The molecular weight excluding hydrogens is 362 g/mol. The van der Waals surface area contributed by atoms with E-state index in [-0.39, 0.29) is 17.2 Å². The highest BCUT2D eigenvalue weighted by Gasteiger charge is 2.34. The number of phenolic OH excluding ortho intramolecular Hbond substituents is 1. The molecule has 1 aliphatic heterocycles. The van der Waals surface area contributed by atoms with Crippen LogP contribution in [0.2, 0.25) is 5.02 Å². The van der Waals surface area contributed by atoms with Crippen molar-refractivity contribution in [2.45, 2.75) is 38.6 Å². The number of hydrogen-bond donors (Lipinski definition) is 2. The highest BCUT2D eigenvalue weighted by atomic mass is 35.5. The third kappa shape index (κ3) is 3.93. The molecule has 0 spiro atoms. The van der Waals surface area contributed by atoms with Gasteiger partial charge < -0.3 is 10.0 Å². The third-order valence-corrected chi connectivity index (χ3v) is 5.58. The number of nitrogens with one attached hydrogen (secondary N) is 1. The molecule has 0 fully saturated rings. The Bertz CT molecular complexity index is 891. The number of amides is 1. The van der Waals surface area contributed by atoms with Crippen molar-refractivity contribution in [3.8, 4) is 5.75 Å². The van der Waals surface area contributed by atoms with Gasteiger partial charge in [0.25, 0.3) is 5.91 Å². The van der Waals surface area contributed by atoms with Crippen molar-refractivity contribution in [3.05, 3.63) is 58.1 Å². The summed E-state index contributed by atoms with van der Waals surface area (Å²) in [5.41, 5.74) is 6.10. The van der Waals surface area contributed by atoms with E-state index < -0.39 is 0 Å². The number of anilines is 1. The van der Waals surface area contributed by atoms with E-state index in [1.54, 1.807) is 6.21 Å². The number of nitrogens with zero attached hydrogens (tertiary/aromatic N) is 2. The van der Waals surface area contributed by atoms with Crippen LogP contribution in [0.1, 0.15) is 54.6 Å². The van der Waals surface area contributed by atoms with Crippen LogP contribution in [0.4, 0.5) is 5.69 Å². The van der Waals surface area contributed by atoms with Gasteiger partial charge in [-0.2, -0.15) is 5.10 Å². The van der Waals surface area contributed by atoms with Gasteiger partial charge in [-0.15, -0.1) is 0 Å². The monoisotopic (exact) mass is 385 g/mol. The number of rotatable bonds is 3. The number of halogens is 1. The number of carbonyl (C=O) groups excluding carboxylic acids is 1. The number of fused-ring (bicyclic) bond motifs is 1. The predicted octanol–water partition coefficient (Wildman–Crippen LogP) is 4.53. The Morgan fingerprint density at radius 2 is 2.00 bits per heavy atom. The van der Waals surface area contributed by atoms with Crippen molar-refractivity contribution in [3.63, 3.8) is 0 Å². The smallest absolute Gasteiger partial charge is 0.271 e. The maximum absolute atomic E-state index is 12.1. The van der Waals surface area contributed by atoms with E-state index in [0.29, 0.717) is 16.5 Å². The molecule has 1 unspecified atom stereocenters. The molecule has 0 bridgehead atoms. The average molecular weight is 386 g/mol. The fourth-order valence-corrected chi connectivity index (χ4v) is 3.75. The second kappa shape index (κ2) is 7.24. The minimum absolute atomic E-state index is 0.0729. The zero-order valence-electron chi connectivity index (χ0n) is 16.0. The molecule has 27 heavy (non-hydrogen) atoms. The molecule has 0 saturated carbocycles. The molecule has 5 nitrogen and oxygen atoms in total. The Balaban J connectivity index is 1.80. The van der Waals surface area contributed by atoms with Gasteiger partial charge in [0.05, 0.1) is 11.2 Å². The number of hydrazone groups is 1. The second-order valence-electron chi connectivity index (χ2n) is 7.66. The van der Waals surface area contributed by atoms with Crippen LogP contribution in [0.5, 0.6) is 5.75 Å². The Morgan fingerprint density at radius 3 is 2.67 bits per heavy atom. The van der Waals surface area contributed by atoms with Crippen molar-refractivity contribution in [2.75, 3.05) is 11.9 Å². The van der Waals surface area contributed by atoms with Gasteiger partial charge in [-0.25, -0.2) is 5.43 Å². The lowest BCUT2D eigenvalue weighted by atomic mass is 9.80. The summed E-state index contributed by atoms with van der Waals surface area (Å²) in [6.07, 6.45) is 2.61. The number of benzene rings is 2. The Hall–Kier alpha value is -2.53. The Morgan fingerprint density at radius 1 is 1.33 bits per heavy atom. The number of aromatic hydroxyl groups is 1. The lowest BCUT2D eigenvalue weighted by molar-refractivity contribution is 0.0955. The van der Waals surface area contributed by atoms with E-state index in [9.17, 15) is 9.90 Å². The third-order valence-electron chi connectivity index (χ3n) is 5.25. The van der Waals surface area contributed by atoms with Crippen LogP contribution in [0, 0.1) is 0 Å². The Labute approximate surface area is 164 Å². The molecule has 2 N–H and O–H groups in total. The molecule has 1 heterocycles. The van der Waals surface area contributed by atoms with Gasteiger partial charge in [-0.3, -0.25) is 4.79 Å². The molecule has 0 aliphatic carbocycles. The second-order valence-corrected chi connectivity index (χ2v) is 8.06. The lowest BCUT2D eigenvalue weighted by Crippen LogP contribution is -2.45. The highest BCUT2D eigenvalue weighted by Crippen LogP contribution is 2.44. The van der Waals surface area contributed by atoms with Gasteiger partial charge >= 0.3 is 0 Å². The summed E-state index contributed by atoms with van der Waals surface area (Å²) in [4.78, 5) is 14.3. The van der Waals surface area contributed by atoms with Crippen LogP contribution < -0.4 is 10.3 Å². The largest absolute Gasteiger partial charge is 0.508 e. The molecule has 2 aromatic rings. The van der Waals surface area contributed by atoms with Gasteiger partial charge in [0.1, 0.15) is 5.75 Å². The maximum atomic E-state index is 12.1. The summed E-state index contributed by atoms with van der Waals surface area (Å²) in [6.45, 7) is 6.68. The molecule has 0 radical (unpaired) electrons. The predicted molar refractivity (Wildman–Crippen MR) is 110 cm³/mol. The Kier molecular flexibility index (Phi) is 5.16. The first kappa shape index (κ1) is 19.2. The summed E-state index contributed by atoms with van der Waals surface area (Å²) in [6, 6.07) is 10.00. The fraction of sp³-hybridized carbons (Fsp3) is 0.333. The van der Waals surface area contributed by atoms with Crippen LogP contribution in [-0.4, -0.2) is 29.8 Å². The zero-order valence-corrected chi connectivity index (χ0v) is 16.7. The van der Waals surface area contributed by atoms with E-state index in [4.69, 9.17) is 11.6 Å². The summed E-state index contributed by atoms with van der Waals surface area (Å²) in [5, 5.41) is 13.9. The van der Waals surface area contributed by atoms with E-state index in [1.165, 1.54) is 29.8 Å². The maximum Gasteiger partial charge on any atom is 0.271 e. The van der Waals surface area contributed by atoms with Crippen molar-refractivity contribution in [2.24, 2.45) is 5.10 Å². The normalized spacial score (nSPS) is 18.4. The SMILES string of the molecule is CC1CC(C)(C)N(C)c2cc(Cl)c(/C=N/NC(=O)c3ccc(O)cc3)cc21. The molecule has 2 aromatic carbocycles. The first-order valence-corrected chi connectivity index (χ1v) is 9.26. The molecule has 6 heteroatoms. The van der Waals surface area contributed by atoms with Gasteiger partial charge in [-0.05, 0) is 68.1 Å². The number of phenols is 1. The van der Waals surface area contributed by atoms with E-state index in [1.807, 2.05) is 12.1 Å². The van der Waals surface area contributed by atoms with E-state index in [0.717, 1.165) is 17.7 Å². The lowest BCUT2D eigenvalue weighted by Gasteiger charge is -2.45. The molecule has 142 valence electrons. The first-order chi connectivity index (χ1) is 12.7. The highest BCUT2D eigenvalue weighted by molar-refractivity contribution is 6.33. The van der Waals surface area contributed by atoms with Gasteiger partial charge in [-0.1, -0.05) is 18.5 Å². The van der Waals surface area contributed by atoms with Gasteiger partial charge in [0, 0.05) is 29.4 Å². The summed E-state index contributed by atoms with van der Waals surface area (Å²) in [5.74, 6) is 0.163. The summed E-state index contributed by atoms with van der Waals surface area (Å²) >= 11 is 6.46. The summed E-state index contributed by atoms with van der Waals surface area (Å²) < 4.78 is 0. The minimum Gasteiger partial charge on any atom is -0.508 e. The summed E-state index contributed by atoms with van der Waals surface area (Å²) in [7, 11) is 2.09. The molecule has 0 saturated heterocycles. The van der Waals surface area contributed by atoms with Gasteiger partial charge in [0.15, 0.2) is 0 Å². The van der Waals surface area contributed by atoms with Crippen molar-refractivity contribution < 1.29 is 9.90 Å². The van der Waals surface area contributed by atoms with Crippen LogP contribution >= 0.6 is 11.6 Å². The van der Waals surface area contributed by atoms with Crippen molar-refractivity contribution in [1.29, 1.82) is 0 Å². The molecule has 0 aromatic heterocycles. The zero-order chi connectivity index (χ0) is 19.8. The molecule has 3 rings (SSSR count). The topological polar surface area (TPSA) is 64.9 Å². The minimum atomic E-state index is -0.352. The molecule has 1 amide bonds. The van der Waals surface area contributed by atoms with Crippen LogP contribution in [0.3, 0.4) is 0 Å². The molecule has 1 aliphatic rings. The molecular formula is C21H24ClN3O2. The molecule has 1 atom stereocenters. The van der Waals surface area contributed by atoms with Crippen molar-refractivity contribution >= 4 is 29.4 Å². The fourth-order valence-electron chi connectivity index (χ4n) is 3.54. The average Bonchev–Trinajstić information content (AvgIpc) is 2.61. The quantitative estimate of drug-likeness (QED) is 0.602. The number of carbonyl (C=O) groups is 1. The standard InChI is InChI=1S/C21H24ClN3O2/c1-13-11-21(2,3)25(4)19-10-18(22)15(9-17(13)19)12-23-24-20(27)14-5-7-16(26)8-6-14/h5-10,12-13,26H,11H2,1-4H3,(H,24,27)/b23-12+. The van der Waals surface area contributed by atoms with E-state index in [2.05, 4.69) is 43.2 Å². The van der Waals surface area contributed by atoms with Gasteiger partial charge in [0.2, 0.25) is 0 Å². The van der Waals surface area contributed by atoms with Crippen LogP contribution in [0.25, 0.3) is 0 Å². The van der Waals surface area contributed by atoms with Crippen LogP contribution in [-0.2, 0) is 0 Å². The van der Waals surface area contributed by atoms with Crippen LogP contribution in [0.15, 0.2) is 41.5 Å². The van der Waals surface area contributed by atoms with E-state index >= 15 is 0 Å².